The predicted molar refractivity (Wildman–Crippen MR) is 77.7 cm³/mol. The van der Waals surface area contributed by atoms with Gasteiger partial charge in [0.2, 0.25) is 0 Å². The molecule has 0 aliphatic heterocycles. The van der Waals surface area contributed by atoms with Crippen LogP contribution in [0.2, 0.25) is 0 Å². The Hall–Kier alpha value is -2.20. The van der Waals surface area contributed by atoms with Gasteiger partial charge in [-0.2, -0.15) is 0 Å². The maximum absolute atomic E-state index is 13.6. The van der Waals surface area contributed by atoms with Crippen molar-refractivity contribution in [1.82, 2.24) is 9.97 Å². The number of aryl methyl sites for hydroxylation is 1. The number of nitrogens with zero attached hydrogens (tertiary/aromatic N) is 1. The third-order valence-electron chi connectivity index (χ3n) is 3.43. The third-order valence-corrected chi connectivity index (χ3v) is 3.43. The summed E-state index contributed by atoms with van der Waals surface area (Å²) >= 11 is 0. The van der Waals surface area contributed by atoms with Gasteiger partial charge in [0.15, 0.2) is 5.82 Å². The Bertz CT molecular complexity index is 706. The Labute approximate surface area is 116 Å². The number of aromatic nitrogens is 2. The quantitative estimate of drug-likeness (QED) is 0.763. The van der Waals surface area contributed by atoms with Crippen molar-refractivity contribution >= 4 is 11.0 Å². The van der Waals surface area contributed by atoms with E-state index < -0.39 is 0 Å². The molecule has 0 spiro atoms. The zero-order chi connectivity index (χ0) is 13.9. The second-order valence-electron chi connectivity index (χ2n) is 4.88. The monoisotopic (exact) mass is 269 g/mol. The summed E-state index contributed by atoms with van der Waals surface area (Å²) < 4.78 is 13.6. The number of H-pyrrole nitrogens is 1. The molecule has 3 rings (SSSR count). The normalized spacial score (nSPS) is 12.7. The molecule has 3 N–H and O–H groups in total. The van der Waals surface area contributed by atoms with E-state index >= 15 is 0 Å². The maximum Gasteiger partial charge on any atom is 0.151 e. The van der Waals surface area contributed by atoms with Gasteiger partial charge in [-0.1, -0.05) is 36.4 Å². The number of hydrogen-bond acceptors (Lipinski definition) is 2. The number of aromatic amines is 1. The molecule has 1 unspecified atom stereocenters. The largest absolute Gasteiger partial charge is 0.342 e. The highest BCUT2D eigenvalue weighted by Gasteiger charge is 2.10. The topological polar surface area (TPSA) is 54.7 Å². The number of fused-ring (bicyclic) bond motifs is 1. The Morgan fingerprint density at radius 1 is 1.10 bits per heavy atom. The van der Waals surface area contributed by atoms with Gasteiger partial charge in [0.05, 0.1) is 5.52 Å². The Morgan fingerprint density at radius 3 is 2.65 bits per heavy atom. The van der Waals surface area contributed by atoms with Crippen LogP contribution in [0, 0.1) is 5.82 Å². The van der Waals surface area contributed by atoms with E-state index in [-0.39, 0.29) is 11.9 Å². The van der Waals surface area contributed by atoms with E-state index in [0.29, 0.717) is 11.9 Å². The van der Waals surface area contributed by atoms with Crippen LogP contribution in [0.3, 0.4) is 0 Å². The first-order valence-corrected chi connectivity index (χ1v) is 6.67. The van der Waals surface area contributed by atoms with Crippen molar-refractivity contribution in [2.75, 3.05) is 0 Å². The molecule has 102 valence electrons. The smallest absolute Gasteiger partial charge is 0.151 e. The number of para-hydroxylation sites is 1. The van der Waals surface area contributed by atoms with Gasteiger partial charge in [0.25, 0.3) is 0 Å². The molecule has 3 aromatic rings. The fourth-order valence-corrected chi connectivity index (χ4v) is 2.33. The van der Waals surface area contributed by atoms with Crippen molar-refractivity contribution in [3.8, 4) is 0 Å². The molecule has 0 amide bonds. The molecule has 0 aliphatic carbocycles. The number of hydrogen-bond donors (Lipinski definition) is 2. The summed E-state index contributed by atoms with van der Waals surface area (Å²) in [6.45, 7) is 0. The number of nitrogens with two attached hydrogens (primary N) is 1. The lowest BCUT2D eigenvalue weighted by atomic mass is 10.0. The van der Waals surface area contributed by atoms with E-state index in [1.165, 1.54) is 6.07 Å². The molecule has 0 saturated carbocycles. The molecule has 1 heterocycles. The fourth-order valence-electron chi connectivity index (χ4n) is 2.33. The Morgan fingerprint density at radius 2 is 1.90 bits per heavy atom. The van der Waals surface area contributed by atoms with Crippen molar-refractivity contribution in [3.63, 3.8) is 0 Å². The lowest BCUT2D eigenvalue weighted by Gasteiger charge is -2.10. The average Bonchev–Trinajstić information content (AvgIpc) is 2.90. The van der Waals surface area contributed by atoms with Crippen LogP contribution < -0.4 is 5.73 Å². The molecule has 2 aromatic carbocycles. The Balaban J connectivity index is 1.72. The summed E-state index contributed by atoms with van der Waals surface area (Å²) in [7, 11) is 0. The van der Waals surface area contributed by atoms with Crippen LogP contribution in [-0.4, -0.2) is 9.97 Å². The average molecular weight is 269 g/mol. The molecule has 0 bridgehead atoms. The number of halogens is 1. The van der Waals surface area contributed by atoms with Crippen LogP contribution >= 0.6 is 0 Å². The summed E-state index contributed by atoms with van der Waals surface area (Å²) in [4.78, 5) is 7.43. The summed E-state index contributed by atoms with van der Waals surface area (Å²) in [5.41, 5.74) is 8.39. The predicted octanol–water partition coefficient (Wildman–Crippen LogP) is 3.33. The zero-order valence-corrected chi connectivity index (χ0v) is 11.0. The standard InChI is InChI=1S/C16H16FN3/c17-12-7-4-8-14-16(12)20-15(19-14)10-9-13(18)11-5-2-1-3-6-11/h1-8,13H,9-10,18H2,(H,19,20). The second-order valence-corrected chi connectivity index (χ2v) is 4.88. The SMILES string of the molecule is NC(CCc1nc2c(F)cccc2[nH]1)c1ccccc1. The van der Waals surface area contributed by atoms with Crippen LogP contribution in [0.25, 0.3) is 11.0 Å². The first-order valence-electron chi connectivity index (χ1n) is 6.67. The van der Waals surface area contributed by atoms with Gasteiger partial charge in [-0.3, -0.25) is 0 Å². The molecule has 0 saturated heterocycles. The molecular weight excluding hydrogens is 253 g/mol. The summed E-state index contributed by atoms with van der Waals surface area (Å²) in [5.74, 6) is 0.480. The van der Waals surface area contributed by atoms with E-state index in [9.17, 15) is 4.39 Å². The fraction of sp³-hybridized carbons (Fsp3) is 0.188. The number of rotatable bonds is 4. The minimum atomic E-state index is -0.294. The Kier molecular flexibility index (Phi) is 3.48. The van der Waals surface area contributed by atoms with Crippen molar-refractivity contribution in [2.45, 2.75) is 18.9 Å². The van der Waals surface area contributed by atoms with Gasteiger partial charge < -0.3 is 10.7 Å². The third kappa shape index (κ3) is 2.56. The summed E-state index contributed by atoms with van der Waals surface area (Å²) in [6, 6.07) is 14.8. The molecule has 0 radical (unpaired) electrons. The van der Waals surface area contributed by atoms with Crippen molar-refractivity contribution < 1.29 is 4.39 Å². The van der Waals surface area contributed by atoms with Gasteiger partial charge in [0.1, 0.15) is 11.3 Å². The van der Waals surface area contributed by atoms with Crippen LogP contribution in [0.1, 0.15) is 23.9 Å². The molecular formula is C16H16FN3. The van der Waals surface area contributed by atoms with Gasteiger partial charge in [-0.05, 0) is 24.1 Å². The van der Waals surface area contributed by atoms with Crippen LogP contribution in [0.15, 0.2) is 48.5 Å². The van der Waals surface area contributed by atoms with Crippen LogP contribution in [-0.2, 0) is 6.42 Å². The van der Waals surface area contributed by atoms with Crippen molar-refractivity contribution in [1.29, 1.82) is 0 Å². The van der Waals surface area contributed by atoms with E-state index in [0.717, 1.165) is 23.3 Å². The van der Waals surface area contributed by atoms with E-state index in [2.05, 4.69) is 9.97 Å². The van der Waals surface area contributed by atoms with Gasteiger partial charge in [0, 0.05) is 12.5 Å². The van der Waals surface area contributed by atoms with Crippen LogP contribution in [0.5, 0.6) is 0 Å². The minimum absolute atomic E-state index is 0.0331. The van der Waals surface area contributed by atoms with Gasteiger partial charge in [-0.25, -0.2) is 9.37 Å². The number of imidazole rings is 1. The first kappa shape index (κ1) is 12.8. The lowest BCUT2D eigenvalue weighted by Crippen LogP contribution is -2.11. The van der Waals surface area contributed by atoms with Crippen molar-refractivity contribution in [2.24, 2.45) is 5.73 Å². The molecule has 1 atom stereocenters. The molecule has 0 fully saturated rings. The zero-order valence-electron chi connectivity index (χ0n) is 11.0. The maximum atomic E-state index is 13.6. The molecule has 4 heteroatoms. The highest BCUT2D eigenvalue weighted by atomic mass is 19.1. The molecule has 1 aromatic heterocycles. The van der Waals surface area contributed by atoms with Crippen molar-refractivity contribution in [3.05, 3.63) is 65.7 Å². The molecule has 0 aliphatic rings. The van der Waals surface area contributed by atoms with Gasteiger partial charge in [-0.15, -0.1) is 0 Å². The molecule has 20 heavy (non-hydrogen) atoms. The number of nitrogens with one attached hydrogen (secondary N) is 1. The number of benzene rings is 2. The van der Waals surface area contributed by atoms with Gasteiger partial charge >= 0.3 is 0 Å². The highest BCUT2D eigenvalue weighted by Crippen LogP contribution is 2.19. The van der Waals surface area contributed by atoms with E-state index in [1.807, 2.05) is 36.4 Å². The minimum Gasteiger partial charge on any atom is -0.342 e. The summed E-state index contributed by atoms with van der Waals surface area (Å²) in [5, 5.41) is 0. The highest BCUT2D eigenvalue weighted by molar-refractivity contribution is 5.75. The lowest BCUT2D eigenvalue weighted by molar-refractivity contribution is 0.631. The van der Waals surface area contributed by atoms with E-state index in [1.54, 1.807) is 6.07 Å². The van der Waals surface area contributed by atoms with E-state index in [4.69, 9.17) is 5.73 Å². The molecule has 3 nitrogen and oxygen atoms in total. The second kappa shape index (κ2) is 5.43. The van der Waals surface area contributed by atoms with Crippen LogP contribution in [0.4, 0.5) is 4.39 Å². The first-order chi connectivity index (χ1) is 9.74. The summed E-state index contributed by atoms with van der Waals surface area (Å²) in [6.07, 6.45) is 1.47.